The monoisotopic (exact) mass is 299 g/mol. The molecule has 112 valence electrons. The topological polar surface area (TPSA) is 66.2 Å². The summed E-state index contributed by atoms with van der Waals surface area (Å²) in [6.07, 6.45) is -3.61. The molecule has 0 aromatic carbocycles. The van der Waals surface area contributed by atoms with Gasteiger partial charge in [-0.2, -0.15) is 18.4 Å². The van der Waals surface area contributed by atoms with Gasteiger partial charge in [-0.15, -0.1) is 0 Å². The van der Waals surface area contributed by atoms with Crippen LogP contribution in [0.25, 0.3) is 0 Å². The van der Waals surface area contributed by atoms with E-state index in [0.717, 1.165) is 0 Å². The average molecular weight is 299 g/mol. The number of pyridine rings is 1. The number of nitrogens with zero attached hydrogens (tertiary/aromatic N) is 3. The van der Waals surface area contributed by atoms with E-state index in [2.05, 4.69) is 9.72 Å². The molecule has 1 aliphatic heterocycles. The molecular formula is C13H12F3N3O2. The first-order chi connectivity index (χ1) is 9.90. The highest BCUT2D eigenvalue weighted by atomic mass is 19.4. The third-order valence-corrected chi connectivity index (χ3v) is 3.15. The second kappa shape index (κ2) is 5.99. The minimum absolute atomic E-state index is 0.292. The van der Waals surface area contributed by atoms with Crippen LogP contribution in [0, 0.1) is 11.3 Å². The van der Waals surface area contributed by atoms with Gasteiger partial charge in [0.05, 0.1) is 11.6 Å². The maximum absolute atomic E-state index is 12.1. The molecule has 0 atom stereocenters. The minimum Gasteiger partial charge on any atom is -0.456 e. The number of carbonyl (C=O) groups excluding carboxylic acids is 1. The number of hydrogen-bond donors (Lipinski definition) is 0. The van der Waals surface area contributed by atoms with Crippen molar-refractivity contribution in [3.63, 3.8) is 0 Å². The summed E-state index contributed by atoms with van der Waals surface area (Å²) >= 11 is 0. The SMILES string of the molecule is N#Cc1ccnc(N2CCC(OC(=O)C(F)(F)F)CC2)c1. The normalized spacial score (nSPS) is 16.4. The highest BCUT2D eigenvalue weighted by Crippen LogP contribution is 2.23. The van der Waals surface area contributed by atoms with Gasteiger partial charge in [-0.1, -0.05) is 0 Å². The molecule has 0 bridgehead atoms. The van der Waals surface area contributed by atoms with E-state index in [-0.39, 0.29) is 0 Å². The molecular weight excluding hydrogens is 287 g/mol. The van der Waals surface area contributed by atoms with Crippen molar-refractivity contribution in [3.8, 4) is 6.07 Å². The molecule has 0 aliphatic carbocycles. The van der Waals surface area contributed by atoms with E-state index in [4.69, 9.17) is 5.26 Å². The average Bonchev–Trinajstić information content (AvgIpc) is 2.47. The lowest BCUT2D eigenvalue weighted by Crippen LogP contribution is -2.40. The number of nitriles is 1. The van der Waals surface area contributed by atoms with Gasteiger partial charge >= 0.3 is 12.1 Å². The van der Waals surface area contributed by atoms with Crippen molar-refractivity contribution in [2.75, 3.05) is 18.0 Å². The zero-order valence-electron chi connectivity index (χ0n) is 10.9. The molecule has 1 fully saturated rings. The number of piperidine rings is 1. The molecule has 0 radical (unpaired) electrons. The Balaban J connectivity index is 1.91. The Morgan fingerprint density at radius 1 is 1.43 bits per heavy atom. The Morgan fingerprint density at radius 3 is 2.67 bits per heavy atom. The van der Waals surface area contributed by atoms with Crippen LogP contribution in [0.3, 0.4) is 0 Å². The maximum Gasteiger partial charge on any atom is 0.490 e. The van der Waals surface area contributed by atoms with Gasteiger partial charge < -0.3 is 9.64 Å². The number of alkyl halides is 3. The van der Waals surface area contributed by atoms with E-state index in [9.17, 15) is 18.0 Å². The van der Waals surface area contributed by atoms with Gasteiger partial charge in [0.15, 0.2) is 0 Å². The van der Waals surface area contributed by atoms with Crippen LogP contribution in [0.5, 0.6) is 0 Å². The molecule has 1 aromatic rings. The first-order valence-corrected chi connectivity index (χ1v) is 6.29. The second-order valence-corrected chi connectivity index (χ2v) is 4.60. The Hall–Kier alpha value is -2.30. The molecule has 21 heavy (non-hydrogen) atoms. The number of rotatable bonds is 2. The molecule has 2 rings (SSSR count). The molecule has 0 unspecified atom stereocenters. The molecule has 0 amide bonds. The van der Waals surface area contributed by atoms with Gasteiger partial charge in [-0.05, 0) is 12.1 Å². The van der Waals surface area contributed by atoms with Crippen molar-refractivity contribution in [2.24, 2.45) is 0 Å². The fraction of sp³-hybridized carbons (Fsp3) is 0.462. The molecule has 2 heterocycles. The fourth-order valence-corrected chi connectivity index (χ4v) is 2.08. The predicted octanol–water partition coefficient (Wildman–Crippen LogP) is 2.03. The molecule has 0 saturated carbocycles. The highest BCUT2D eigenvalue weighted by Gasteiger charge is 2.42. The third-order valence-electron chi connectivity index (χ3n) is 3.15. The zero-order chi connectivity index (χ0) is 15.5. The Bertz CT molecular complexity index is 561. The Morgan fingerprint density at radius 2 is 2.10 bits per heavy atom. The Labute approximate surface area is 118 Å². The lowest BCUT2D eigenvalue weighted by Gasteiger charge is -2.32. The standard InChI is InChI=1S/C13H12F3N3O2/c14-13(15,16)12(20)21-10-2-5-19(6-3-10)11-7-9(8-17)1-4-18-11/h1,4,7,10H,2-3,5-6H2. The first-order valence-electron chi connectivity index (χ1n) is 6.29. The van der Waals surface area contributed by atoms with Crippen molar-refractivity contribution in [2.45, 2.75) is 25.1 Å². The number of aromatic nitrogens is 1. The predicted molar refractivity (Wildman–Crippen MR) is 66.3 cm³/mol. The fourth-order valence-electron chi connectivity index (χ4n) is 2.08. The molecule has 8 heteroatoms. The lowest BCUT2D eigenvalue weighted by atomic mass is 10.1. The molecule has 1 saturated heterocycles. The zero-order valence-corrected chi connectivity index (χ0v) is 10.9. The summed E-state index contributed by atoms with van der Waals surface area (Å²) < 4.78 is 40.7. The number of ether oxygens (including phenoxy) is 1. The Kier molecular flexibility index (Phi) is 4.31. The van der Waals surface area contributed by atoms with Crippen molar-refractivity contribution in [1.29, 1.82) is 5.26 Å². The second-order valence-electron chi connectivity index (χ2n) is 4.60. The van der Waals surface area contributed by atoms with Crippen LogP contribution in [0.4, 0.5) is 19.0 Å². The van der Waals surface area contributed by atoms with E-state index >= 15 is 0 Å². The summed E-state index contributed by atoms with van der Waals surface area (Å²) in [6, 6.07) is 5.18. The number of esters is 1. The summed E-state index contributed by atoms with van der Waals surface area (Å²) in [7, 11) is 0. The van der Waals surface area contributed by atoms with Gasteiger partial charge in [0, 0.05) is 32.1 Å². The van der Waals surface area contributed by atoms with Gasteiger partial charge in [0.1, 0.15) is 11.9 Å². The number of carbonyl (C=O) groups is 1. The van der Waals surface area contributed by atoms with E-state index in [0.29, 0.717) is 37.3 Å². The van der Waals surface area contributed by atoms with Crippen molar-refractivity contribution in [3.05, 3.63) is 23.9 Å². The van der Waals surface area contributed by atoms with Gasteiger partial charge in [0.2, 0.25) is 0 Å². The molecule has 0 spiro atoms. The van der Waals surface area contributed by atoms with Crippen molar-refractivity contribution < 1.29 is 22.7 Å². The first kappa shape index (κ1) is 15.1. The summed E-state index contributed by atoms with van der Waals surface area (Å²) in [4.78, 5) is 16.7. The van der Waals surface area contributed by atoms with Crippen molar-refractivity contribution >= 4 is 11.8 Å². The summed E-state index contributed by atoms with van der Waals surface area (Å²) in [5, 5.41) is 8.82. The largest absolute Gasteiger partial charge is 0.490 e. The third kappa shape index (κ3) is 3.84. The summed E-state index contributed by atoms with van der Waals surface area (Å²) in [5.41, 5.74) is 0.464. The minimum atomic E-state index is -4.96. The number of hydrogen-bond acceptors (Lipinski definition) is 5. The van der Waals surface area contributed by atoms with Crippen LogP contribution in [-0.4, -0.2) is 36.3 Å². The van der Waals surface area contributed by atoms with Crippen LogP contribution in [-0.2, 0) is 9.53 Å². The number of halogens is 3. The molecule has 1 aromatic heterocycles. The van der Waals surface area contributed by atoms with E-state index < -0.39 is 18.2 Å². The molecule has 0 N–H and O–H groups in total. The van der Waals surface area contributed by atoms with Crippen LogP contribution in [0.1, 0.15) is 18.4 Å². The highest BCUT2D eigenvalue weighted by molar-refractivity contribution is 5.75. The molecule has 1 aliphatic rings. The van der Waals surface area contributed by atoms with Gasteiger partial charge in [-0.25, -0.2) is 9.78 Å². The van der Waals surface area contributed by atoms with Crippen molar-refractivity contribution in [1.82, 2.24) is 4.98 Å². The van der Waals surface area contributed by atoms with Crippen LogP contribution in [0.2, 0.25) is 0 Å². The van der Waals surface area contributed by atoms with Crippen LogP contribution in [0.15, 0.2) is 18.3 Å². The maximum atomic E-state index is 12.1. The lowest BCUT2D eigenvalue weighted by molar-refractivity contribution is -0.205. The van der Waals surface area contributed by atoms with Crippen LogP contribution < -0.4 is 4.90 Å². The van der Waals surface area contributed by atoms with E-state index in [1.54, 1.807) is 12.1 Å². The van der Waals surface area contributed by atoms with E-state index in [1.807, 2.05) is 11.0 Å². The smallest absolute Gasteiger partial charge is 0.456 e. The van der Waals surface area contributed by atoms with E-state index in [1.165, 1.54) is 6.20 Å². The summed E-state index contributed by atoms with van der Waals surface area (Å²) in [5.74, 6) is -1.56. The van der Waals surface area contributed by atoms with Gasteiger partial charge in [0.25, 0.3) is 0 Å². The van der Waals surface area contributed by atoms with Crippen LogP contribution >= 0.6 is 0 Å². The summed E-state index contributed by atoms with van der Waals surface area (Å²) in [6.45, 7) is 0.829. The molecule has 5 nitrogen and oxygen atoms in total. The number of anilines is 1. The quantitative estimate of drug-likeness (QED) is 0.782. The van der Waals surface area contributed by atoms with Gasteiger partial charge in [-0.3, -0.25) is 0 Å².